The summed E-state index contributed by atoms with van der Waals surface area (Å²) in [5.41, 5.74) is -0.922. The van der Waals surface area contributed by atoms with Crippen molar-refractivity contribution in [2.24, 2.45) is 0 Å². The normalized spacial score (nSPS) is 12.8. The first kappa shape index (κ1) is 35.5. The second kappa shape index (κ2) is 15.7. The lowest BCUT2D eigenvalue weighted by molar-refractivity contribution is -0.152. The fraction of sp³-hybridized carbons (Fsp3) is 0.211. The van der Waals surface area contributed by atoms with Crippen molar-refractivity contribution in [3.8, 4) is 28.4 Å². The van der Waals surface area contributed by atoms with Crippen molar-refractivity contribution in [1.29, 1.82) is 0 Å². The van der Waals surface area contributed by atoms with E-state index in [2.05, 4.69) is 5.32 Å². The lowest BCUT2D eigenvalue weighted by Crippen LogP contribution is -2.43. The van der Waals surface area contributed by atoms with Gasteiger partial charge in [0, 0.05) is 12.5 Å². The highest BCUT2D eigenvalue weighted by atomic mass is 19.4. The summed E-state index contributed by atoms with van der Waals surface area (Å²) >= 11 is 0. The fourth-order valence-electron chi connectivity index (χ4n) is 5.31. The number of alkyl halides is 3. The van der Waals surface area contributed by atoms with Gasteiger partial charge in [0.15, 0.2) is 11.5 Å². The van der Waals surface area contributed by atoms with Gasteiger partial charge >= 0.3 is 24.2 Å². The second-order valence-electron chi connectivity index (χ2n) is 11.5. The number of ether oxygens (including phenoxy) is 5. The van der Waals surface area contributed by atoms with Gasteiger partial charge in [-0.3, -0.25) is 9.59 Å². The SMILES string of the molecule is O=C(CC[C@H](NC(=O)OCc1ccccc1)C(=O)Oc1ccc2c(=O)c(-c3ccc4c(c3)OCCO4)c(C(F)(F)F)oc2c1)OCc1ccccc1. The van der Waals surface area contributed by atoms with Crippen molar-refractivity contribution < 1.29 is 55.7 Å². The van der Waals surface area contributed by atoms with Crippen molar-refractivity contribution >= 4 is 29.0 Å². The van der Waals surface area contributed by atoms with Crippen molar-refractivity contribution in [1.82, 2.24) is 5.32 Å². The number of benzene rings is 4. The molecule has 0 aliphatic carbocycles. The number of alkyl carbamates (subject to hydrolysis) is 1. The molecular weight excluding hydrogens is 687 g/mol. The molecule has 1 N–H and O–H groups in total. The van der Waals surface area contributed by atoms with Crippen LogP contribution in [0, 0.1) is 0 Å². The molecule has 5 aromatic rings. The Morgan fingerprint density at radius 1 is 0.788 bits per heavy atom. The van der Waals surface area contributed by atoms with E-state index >= 15 is 0 Å². The average Bonchev–Trinajstić information content (AvgIpc) is 3.15. The van der Waals surface area contributed by atoms with Crippen LogP contribution in [0.2, 0.25) is 0 Å². The van der Waals surface area contributed by atoms with Gasteiger partial charge in [-0.05, 0) is 47.4 Å². The van der Waals surface area contributed by atoms with Gasteiger partial charge in [-0.15, -0.1) is 0 Å². The van der Waals surface area contributed by atoms with Crippen molar-refractivity contribution in [2.75, 3.05) is 13.2 Å². The molecular formula is C38H30F3NO10. The summed E-state index contributed by atoms with van der Waals surface area (Å²) in [5.74, 6) is -3.10. The number of carbonyl (C=O) groups is 3. The molecule has 0 spiro atoms. The number of hydrogen-bond donors (Lipinski definition) is 1. The first-order valence-electron chi connectivity index (χ1n) is 16.0. The zero-order valence-electron chi connectivity index (χ0n) is 27.3. The molecule has 52 heavy (non-hydrogen) atoms. The summed E-state index contributed by atoms with van der Waals surface area (Å²) in [6, 6.07) is 23.5. The second-order valence-corrected chi connectivity index (χ2v) is 11.5. The molecule has 1 amide bonds. The number of fused-ring (bicyclic) bond motifs is 2. The summed E-state index contributed by atoms with van der Waals surface area (Å²) in [5, 5.41) is 2.15. The Kier molecular flexibility index (Phi) is 10.7. The fourth-order valence-corrected chi connectivity index (χ4v) is 5.31. The minimum atomic E-state index is -5.09. The van der Waals surface area contributed by atoms with Crippen LogP contribution in [0.1, 0.15) is 29.7 Å². The smallest absolute Gasteiger partial charge is 0.450 e. The molecule has 14 heteroatoms. The van der Waals surface area contributed by atoms with E-state index in [1.54, 1.807) is 54.6 Å². The molecule has 0 saturated heterocycles. The van der Waals surface area contributed by atoms with E-state index in [1.807, 2.05) is 6.07 Å². The molecule has 1 aromatic heterocycles. The molecule has 4 aromatic carbocycles. The zero-order chi connectivity index (χ0) is 36.7. The van der Waals surface area contributed by atoms with E-state index in [-0.39, 0.29) is 61.7 Å². The number of esters is 2. The highest BCUT2D eigenvalue weighted by Crippen LogP contribution is 2.40. The third kappa shape index (κ3) is 8.70. The van der Waals surface area contributed by atoms with E-state index in [0.29, 0.717) is 11.3 Å². The number of nitrogens with one attached hydrogen (secondary N) is 1. The molecule has 2 heterocycles. The maximum absolute atomic E-state index is 14.3. The topological polar surface area (TPSA) is 140 Å². The van der Waals surface area contributed by atoms with Crippen LogP contribution in [0.3, 0.4) is 0 Å². The standard InChI is InChI=1S/C38H30F3NO10/c39-38(40,41)35-33(25-11-15-29-31(19-25)48-18-17-47-29)34(44)27-13-12-26(20-30(27)52-35)51-36(45)28(42-37(46)50-22-24-9-5-2-6-10-24)14-16-32(43)49-21-23-7-3-1-4-8-23/h1-13,15,19-20,28H,14,16-18,21-22H2,(H,42,46)/t28-/m0/s1. The Bertz CT molecular complexity index is 2140. The molecule has 0 saturated carbocycles. The minimum Gasteiger partial charge on any atom is -0.486 e. The van der Waals surface area contributed by atoms with Crippen LogP contribution < -0.4 is 25.0 Å². The third-order valence-corrected chi connectivity index (χ3v) is 7.84. The molecule has 1 aliphatic rings. The molecule has 6 rings (SSSR count). The monoisotopic (exact) mass is 717 g/mol. The van der Waals surface area contributed by atoms with Crippen LogP contribution in [0.5, 0.6) is 17.2 Å². The van der Waals surface area contributed by atoms with Crippen LogP contribution in [0.4, 0.5) is 18.0 Å². The zero-order valence-corrected chi connectivity index (χ0v) is 27.3. The average molecular weight is 718 g/mol. The van der Waals surface area contributed by atoms with E-state index in [1.165, 1.54) is 24.3 Å². The van der Waals surface area contributed by atoms with Crippen molar-refractivity contribution in [3.05, 3.63) is 124 Å². The number of rotatable bonds is 11. The Morgan fingerprint density at radius 3 is 2.12 bits per heavy atom. The Morgan fingerprint density at radius 2 is 1.44 bits per heavy atom. The van der Waals surface area contributed by atoms with Crippen molar-refractivity contribution in [3.63, 3.8) is 0 Å². The molecule has 0 unspecified atom stereocenters. The van der Waals surface area contributed by atoms with Gasteiger partial charge in [0.25, 0.3) is 0 Å². The molecule has 11 nitrogen and oxygen atoms in total. The van der Waals surface area contributed by atoms with Crippen LogP contribution in [-0.2, 0) is 38.5 Å². The van der Waals surface area contributed by atoms with Crippen LogP contribution >= 0.6 is 0 Å². The van der Waals surface area contributed by atoms with Gasteiger partial charge in [0.05, 0.1) is 10.9 Å². The minimum absolute atomic E-state index is 0.0140. The summed E-state index contributed by atoms with van der Waals surface area (Å²) < 4.78 is 75.1. The number of amides is 1. The van der Waals surface area contributed by atoms with Crippen LogP contribution in [0.15, 0.2) is 106 Å². The number of carbonyl (C=O) groups excluding carboxylic acids is 3. The number of halogens is 3. The van der Waals surface area contributed by atoms with Crippen molar-refractivity contribution in [2.45, 2.75) is 38.3 Å². The van der Waals surface area contributed by atoms with Crippen LogP contribution in [0.25, 0.3) is 22.1 Å². The molecule has 0 fully saturated rings. The van der Waals surface area contributed by atoms with Gasteiger partial charge in [-0.2, -0.15) is 13.2 Å². The van der Waals surface area contributed by atoms with Crippen LogP contribution in [-0.4, -0.2) is 37.3 Å². The summed E-state index contributed by atoms with van der Waals surface area (Å²) in [6.07, 6.45) is -6.66. The Hall–Kier alpha value is -6.31. The summed E-state index contributed by atoms with van der Waals surface area (Å²) in [4.78, 5) is 52.1. The summed E-state index contributed by atoms with van der Waals surface area (Å²) in [6.45, 7) is 0.314. The molecule has 1 aliphatic heterocycles. The van der Waals surface area contributed by atoms with E-state index in [9.17, 15) is 32.3 Å². The maximum atomic E-state index is 14.3. The van der Waals surface area contributed by atoms with E-state index in [0.717, 1.165) is 17.7 Å². The predicted molar refractivity (Wildman–Crippen MR) is 179 cm³/mol. The molecule has 0 radical (unpaired) electrons. The first-order chi connectivity index (χ1) is 25.0. The maximum Gasteiger partial charge on any atom is 0.450 e. The molecule has 1 atom stereocenters. The van der Waals surface area contributed by atoms with E-state index < -0.39 is 52.6 Å². The Balaban J connectivity index is 1.22. The van der Waals surface area contributed by atoms with Gasteiger partial charge in [-0.1, -0.05) is 66.7 Å². The molecule has 0 bridgehead atoms. The highest BCUT2D eigenvalue weighted by molar-refractivity contribution is 5.87. The van der Waals surface area contributed by atoms with Gasteiger partial charge < -0.3 is 33.4 Å². The predicted octanol–water partition coefficient (Wildman–Crippen LogP) is 6.97. The summed E-state index contributed by atoms with van der Waals surface area (Å²) in [7, 11) is 0. The first-order valence-corrected chi connectivity index (χ1v) is 16.0. The van der Waals surface area contributed by atoms with E-state index in [4.69, 9.17) is 28.1 Å². The van der Waals surface area contributed by atoms with Gasteiger partial charge in [0.2, 0.25) is 11.2 Å². The quantitative estimate of drug-likeness (QED) is 0.113. The largest absolute Gasteiger partial charge is 0.486 e. The molecule has 268 valence electrons. The lowest BCUT2D eigenvalue weighted by atomic mass is 10.0. The van der Waals surface area contributed by atoms with Gasteiger partial charge in [-0.25, -0.2) is 9.59 Å². The number of hydrogen-bond acceptors (Lipinski definition) is 10. The third-order valence-electron chi connectivity index (χ3n) is 7.84. The lowest BCUT2D eigenvalue weighted by Gasteiger charge is -2.19. The highest BCUT2D eigenvalue weighted by Gasteiger charge is 2.40. The Labute approximate surface area is 293 Å². The van der Waals surface area contributed by atoms with Gasteiger partial charge in [0.1, 0.15) is 43.8 Å².